The second kappa shape index (κ2) is 17.0. The first-order valence-electron chi connectivity index (χ1n) is 26.0. The van der Waals surface area contributed by atoms with Gasteiger partial charge in [0.25, 0.3) is 0 Å². The predicted octanol–water partition coefficient (Wildman–Crippen LogP) is 17.0. The molecule has 0 atom stereocenters. The minimum absolute atomic E-state index is 1.14. The molecular weight excluding hydrogens is 925 g/mol. The van der Waals surface area contributed by atoms with Gasteiger partial charge < -0.3 is 9.80 Å². The van der Waals surface area contributed by atoms with E-state index in [2.05, 4.69) is 291 Å². The van der Waals surface area contributed by atoms with E-state index in [1.54, 1.807) is 0 Å². The van der Waals surface area contributed by atoms with Crippen molar-refractivity contribution < 1.29 is 0 Å². The van der Waals surface area contributed by atoms with Crippen molar-refractivity contribution in [2.75, 3.05) is 9.80 Å². The number of fused-ring (bicyclic) bond motifs is 11. The van der Waals surface area contributed by atoms with Crippen LogP contribution in [0.25, 0.3) is 76.8 Å². The highest BCUT2D eigenvalue weighted by molar-refractivity contribution is 7.05. The van der Waals surface area contributed by atoms with Gasteiger partial charge in [0, 0.05) is 33.5 Å². The second-order valence-corrected chi connectivity index (χ2v) is 29.9. The average Bonchev–Trinajstić information content (AvgIpc) is 3.90. The maximum absolute atomic E-state index is 2.56. The summed E-state index contributed by atoms with van der Waals surface area (Å²) in [6, 6.07) is 95.0. The third-order valence-electron chi connectivity index (χ3n) is 16.4. The fourth-order valence-corrected chi connectivity index (χ4v) is 19.0. The zero-order valence-corrected chi connectivity index (χ0v) is 44.1. The second-order valence-electron chi connectivity index (χ2n) is 21.2. The Bertz CT molecular complexity index is 3830. The van der Waals surface area contributed by atoms with Crippen LogP contribution in [0.2, 0.25) is 26.2 Å². The molecule has 0 amide bonds. The van der Waals surface area contributed by atoms with Crippen LogP contribution in [0.4, 0.5) is 34.1 Å². The molecule has 0 radical (unpaired) electrons. The number of nitrogens with zero attached hydrogens (tertiary/aromatic N) is 2. The van der Waals surface area contributed by atoms with Crippen LogP contribution < -0.4 is 30.5 Å². The number of hydrogen-bond donors (Lipinski definition) is 0. The molecule has 0 saturated carbocycles. The first kappa shape index (κ1) is 44.2. The molecule has 0 bridgehead atoms. The summed E-state index contributed by atoms with van der Waals surface area (Å²) in [6.07, 6.45) is 0. The molecule has 2 nitrogen and oxygen atoms in total. The number of benzene rings is 12. The van der Waals surface area contributed by atoms with Crippen molar-refractivity contribution in [3.8, 4) is 44.5 Å². The first-order chi connectivity index (χ1) is 36.3. The Labute approximate surface area is 436 Å². The Balaban J connectivity index is 0.861. The normalized spacial score (nSPS) is 13.6. The van der Waals surface area contributed by atoms with E-state index >= 15 is 0 Å². The number of anilines is 6. The molecular formula is C70H54N2Si2. The van der Waals surface area contributed by atoms with Gasteiger partial charge in [-0.25, -0.2) is 0 Å². The lowest BCUT2D eigenvalue weighted by Crippen LogP contribution is -2.49. The topological polar surface area (TPSA) is 6.48 Å². The van der Waals surface area contributed by atoms with Crippen LogP contribution in [-0.2, 0) is 0 Å². The lowest BCUT2D eigenvalue weighted by atomic mass is 9.90. The van der Waals surface area contributed by atoms with Crippen LogP contribution in [0.5, 0.6) is 0 Å². The van der Waals surface area contributed by atoms with Crippen LogP contribution in [0.3, 0.4) is 0 Å². The molecule has 12 aromatic rings. The van der Waals surface area contributed by atoms with Gasteiger partial charge in [0.1, 0.15) is 16.1 Å². The smallest absolute Gasteiger partial charge is 0.113 e. The van der Waals surface area contributed by atoms with E-state index in [4.69, 9.17) is 0 Å². The molecule has 4 heteroatoms. The number of hydrogen-bond acceptors (Lipinski definition) is 2. The van der Waals surface area contributed by atoms with Gasteiger partial charge in [0.05, 0.1) is 11.4 Å². The van der Waals surface area contributed by atoms with Gasteiger partial charge in [-0.2, -0.15) is 0 Å². The molecule has 14 rings (SSSR count). The van der Waals surface area contributed by atoms with Crippen LogP contribution in [0, 0.1) is 0 Å². The average molecular weight is 979 g/mol. The molecule has 0 aromatic heterocycles. The number of rotatable bonds is 8. The summed E-state index contributed by atoms with van der Waals surface area (Å²) in [5, 5.41) is 13.9. The Morgan fingerprint density at radius 1 is 0.243 bits per heavy atom. The van der Waals surface area contributed by atoms with Crippen LogP contribution in [0.1, 0.15) is 0 Å². The van der Waals surface area contributed by atoms with Gasteiger partial charge in [0.15, 0.2) is 0 Å². The van der Waals surface area contributed by atoms with Gasteiger partial charge in [-0.1, -0.05) is 220 Å². The molecule has 0 saturated heterocycles. The summed E-state index contributed by atoms with van der Waals surface area (Å²) < 4.78 is 0. The quantitative estimate of drug-likeness (QED) is 0.140. The van der Waals surface area contributed by atoms with Crippen LogP contribution >= 0.6 is 0 Å². The van der Waals surface area contributed by atoms with Crippen LogP contribution in [0.15, 0.2) is 255 Å². The van der Waals surface area contributed by atoms with Crippen molar-refractivity contribution >= 4 is 103 Å². The maximum Gasteiger partial charge on any atom is 0.113 e. The molecule has 352 valence electrons. The predicted molar refractivity (Wildman–Crippen MR) is 324 cm³/mol. The Morgan fingerprint density at radius 2 is 0.554 bits per heavy atom. The van der Waals surface area contributed by atoms with E-state index in [9.17, 15) is 0 Å². The minimum Gasteiger partial charge on any atom is -0.310 e. The van der Waals surface area contributed by atoms with Crippen molar-refractivity contribution in [2.24, 2.45) is 0 Å². The lowest BCUT2D eigenvalue weighted by Gasteiger charge is -2.27. The van der Waals surface area contributed by atoms with Crippen molar-refractivity contribution in [1.82, 2.24) is 0 Å². The molecule has 74 heavy (non-hydrogen) atoms. The molecule has 0 unspecified atom stereocenters. The van der Waals surface area contributed by atoms with Gasteiger partial charge in [-0.05, 0) is 147 Å². The Morgan fingerprint density at radius 3 is 0.905 bits per heavy atom. The van der Waals surface area contributed by atoms with Crippen molar-refractivity contribution in [3.63, 3.8) is 0 Å². The van der Waals surface area contributed by atoms with E-state index in [1.807, 2.05) is 0 Å². The van der Waals surface area contributed by atoms with Crippen molar-refractivity contribution in [2.45, 2.75) is 26.2 Å². The van der Waals surface area contributed by atoms with Crippen LogP contribution in [-0.4, -0.2) is 16.1 Å². The van der Waals surface area contributed by atoms with Gasteiger partial charge in [-0.3, -0.25) is 0 Å². The molecule has 2 heterocycles. The minimum atomic E-state index is -2.09. The van der Waals surface area contributed by atoms with E-state index in [0.29, 0.717) is 0 Å². The summed E-state index contributed by atoms with van der Waals surface area (Å²) in [5.74, 6) is 0. The highest BCUT2D eigenvalue weighted by Gasteiger charge is 2.42. The van der Waals surface area contributed by atoms with E-state index in [0.717, 1.165) is 22.7 Å². The van der Waals surface area contributed by atoms with E-state index < -0.39 is 16.1 Å². The van der Waals surface area contributed by atoms with Gasteiger partial charge in [0.2, 0.25) is 0 Å². The Kier molecular flexibility index (Phi) is 10.2. The first-order valence-corrected chi connectivity index (χ1v) is 32.0. The van der Waals surface area contributed by atoms with E-state index in [-0.39, 0.29) is 0 Å². The summed E-state index contributed by atoms with van der Waals surface area (Å²) in [5.41, 5.74) is 17.7. The van der Waals surface area contributed by atoms with Crippen molar-refractivity contribution in [3.05, 3.63) is 255 Å². The van der Waals surface area contributed by atoms with Gasteiger partial charge in [-0.15, -0.1) is 0 Å². The third kappa shape index (κ3) is 6.75. The standard InChI is InChI=1S/C70H54N2Si2/c1-73(2)65-43-39-60-59(69(65)61-35-33-47(45-67(61)73)53-37-41-63(57-31-19-17-29-55(53)57)71(49-21-9-5-10-22-49)50-23-11-6-12-24-50)40-44-66-70(60)62-36-34-48(46-68(62)74(66,3)4)54-38-42-64(58-32-20-18-30-56(54)58)72(51-25-13-7-14-26-51)52-27-15-8-16-28-52/h5-46H,1-4H3. The fraction of sp³-hybridized carbons (Fsp3) is 0.0571. The molecule has 0 spiro atoms. The summed E-state index contributed by atoms with van der Waals surface area (Å²) in [6.45, 7) is 10.2. The lowest BCUT2D eigenvalue weighted by molar-refractivity contribution is 1.30. The van der Waals surface area contributed by atoms with Crippen molar-refractivity contribution in [1.29, 1.82) is 0 Å². The molecule has 0 aliphatic carbocycles. The highest BCUT2D eigenvalue weighted by atomic mass is 28.3. The highest BCUT2D eigenvalue weighted by Crippen LogP contribution is 2.46. The summed E-state index contributed by atoms with van der Waals surface area (Å²) >= 11 is 0. The number of para-hydroxylation sites is 4. The summed E-state index contributed by atoms with van der Waals surface area (Å²) in [7, 11) is -4.19. The molecule has 12 aromatic carbocycles. The Hall–Kier alpha value is -8.55. The molecule has 0 N–H and O–H groups in total. The molecule has 2 aliphatic heterocycles. The summed E-state index contributed by atoms with van der Waals surface area (Å²) in [4.78, 5) is 4.77. The van der Waals surface area contributed by atoms with Gasteiger partial charge >= 0.3 is 0 Å². The monoisotopic (exact) mass is 978 g/mol. The maximum atomic E-state index is 2.56. The molecule has 2 aliphatic rings. The third-order valence-corrected chi connectivity index (χ3v) is 23.5. The zero-order chi connectivity index (χ0) is 49.7. The molecule has 0 fully saturated rings. The SMILES string of the molecule is C[Si]1(C)c2cc(-c3ccc(N(c4ccccc4)c4ccccc4)c4ccccc34)ccc2-c2c1ccc1c3c(ccc21)[Si](C)(C)c1cc(-c2ccc(N(c4ccccc4)c4ccccc4)c4ccccc24)ccc1-3. The van der Waals surface area contributed by atoms with E-state index in [1.165, 1.54) is 109 Å². The fourth-order valence-electron chi connectivity index (χ4n) is 12.8. The zero-order valence-electron chi connectivity index (χ0n) is 42.1. The largest absolute Gasteiger partial charge is 0.310 e.